The number of aromatic nitrogens is 1. The Bertz CT molecular complexity index is 1240. The summed E-state index contributed by atoms with van der Waals surface area (Å²) < 4.78 is 14.2. The first kappa shape index (κ1) is 26.3. The van der Waals surface area contributed by atoms with Crippen molar-refractivity contribution in [1.29, 1.82) is 5.26 Å². The van der Waals surface area contributed by atoms with Crippen molar-refractivity contribution in [2.24, 2.45) is 11.8 Å². The summed E-state index contributed by atoms with van der Waals surface area (Å²) in [6.45, 7) is 11.0. The second-order valence-electron chi connectivity index (χ2n) is 11.4. The number of piperidine rings is 1. The number of rotatable bonds is 5. The van der Waals surface area contributed by atoms with Gasteiger partial charge in [-0.25, -0.2) is 9.37 Å². The van der Waals surface area contributed by atoms with Gasteiger partial charge in [0.15, 0.2) is 0 Å². The molecule has 3 aliphatic rings. The van der Waals surface area contributed by atoms with Crippen LogP contribution in [-0.2, 0) is 10.2 Å². The smallest absolute Gasteiger partial charge is 0.255 e. The zero-order chi connectivity index (χ0) is 27.0. The van der Waals surface area contributed by atoms with Crippen LogP contribution in [0, 0.1) is 42.8 Å². The van der Waals surface area contributed by atoms with Gasteiger partial charge < -0.3 is 14.7 Å². The van der Waals surface area contributed by atoms with Gasteiger partial charge in [-0.1, -0.05) is 12.1 Å². The number of benzene rings is 1. The number of pyridine rings is 1. The Morgan fingerprint density at radius 1 is 1.08 bits per heavy atom. The quantitative estimate of drug-likeness (QED) is 0.605. The van der Waals surface area contributed by atoms with E-state index in [1.54, 1.807) is 32.0 Å². The van der Waals surface area contributed by atoms with Crippen LogP contribution in [0.25, 0.3) is 0 Å². The maximum absolute atomic E-state index is 14.2. The highest BCUT2D eigenvalue weighted by molar-refractivity contribution is 5.97. The zero-order valence-electron chi connectivity index (χ0n) is 22.5. The van der Waals surface area contributed by atoms with E-state index >= 15 is 0 Å². The molecule has 0 spiro atoms. The minimum atomic E-state index is -0.209. The minimum absolute atomic E-state index is 0.0141. The van der Waals surface area contributed by atoms with E-state index in [1.807, 2.05) is 22.8 Å². The summed E-state index contributed by atoms with van der Waals surface area (Å²) in [5, 5.41) is 9.17. The lowest BCUT2D eigenvalue weighted by Crippen LogP contribution is -2.46. The summed E-state index contributed by atoms with van der Waals surface area (Å²) >= 11 is 0. The number of halogens is 1. The van der Waals surface area contributed by atoms with E-state index in [4.69, 9.17) is 5.26 Å². The molecule has 3 aliphatic heterocycles. The summed E-state index contributed by atoms with van der Waals surface area (Å²) in [4.78, 5) is 35.9. The summed E-state index contributed by atoms with van der Waals surface area (Å²) in [5.41, 5.74) is 3.28. The number of nitrogens with zero attached hydrogens (tertiary/aromatic N) is 5. The van der Waals surface area contributed by atoms with E-state index in [1.165, 1.54) is 6.07 Å². The summed E-state index contributed by atoms with van der Waals surface area (Å²) in [6, 6.07) is 10.8. The lowest BCUT2D eigenvalue weighted by molar-refractivity contribution is -0.130. The summed E-state index contributed by atoms with van der Waals surface area (Å²) in [6.07, 6.45) is 2.62. The molecule has 1 aromatic heterocycles. The van der Waals surface area contributed by atoms with Gasteiger partial charge in [0.1, 0.15) is 17.6 Å². The number of nitriles is 1. The Morgan fingerprint density at radius 2 is 1.76 bits per heavy atom. The topological polar surface area (TPSA) is 80.5 Å². The molecule has 8 heteroatoms. The number of hydrogen-bond donors (Lipinski definition) is 0. The third-order valence-electron chi connectivity index (χ3n) is 9.08. The molecule has 0 aliphatic carbocycles. The normalized spacial score (nSPS) is 22.8. The number of carbonyl (C=O) groups is 2. The van der Waals surface area contributed by atoms with Crippen molar-refractivity contribution in [2.45, 2.75) is 45.4 Å². The SMILES string of the molecule is CC(=O)N1CCC(CCN2CC3CN(C(=O)c4c(C)cc(C#N)nc4C)CC3C2)(c2cccc(F)c2)CC1. The molecule has 3 fully saturated rings. The molecule has 2 aromatic rings. The van der Waals surface area contributed by atoms with Crippen LogP contribution in [0.1, 0.15) is 59.1 Å². The number of carbonyl (C=O) groups excluding carboxylic acids is 2. The summed E-state index contributed by atoms with van der Waals surface area (Å²) in [5.74, 6) is 0.789. The van der Waals surface area contributed by atoms with Crippen LogP contribution in [0.2, 0.25) is 0 Å². The molecule has 0 saturated carbocycles. The van der Waals surface area contributed by atoms with E-state index in [9.17, 15) is 14.0 Å². The average Bonchev–Trinajstić information content (AvgIpc) is 3.46. The highest BCUT2D eigenvalue weighted by atomic mass is 19.1. The molecule has 3 saturated heterocycles. The van der Waals surface area contributed by atoms with Crippen molar-refractivity contribution in [1.82, 2.24) is 19.7 Å². The third kappa shape index (κ3) is 5.04. The van der Waals surface area contributed by atoms with Gasteiger partial charge in [0.2, 0.25) is 5.91 Å². The highest BCUT2D eigenvalue weighted by Gasteiger charge is 2.43. The van der Waals surface area contributed by atoms with Crippen LogP contribution in [0.4, 0.5) is 4.39 Å². The first-order valence-electron chi connectivity index (χ1n) is 13.6. The maximum atomic E-state index is 14.2. The standard InChI is InChI=1S/C30H36FN5O2/c1-20-13-27(15-32)33-21(2)28(20)29(38)36-18-23-16-34(17-24(23)19-36)10-7-30(25-5-4-6-26(31)14-25)8-11-35(12-9-30)22(3)37/h4-6,13-14,23-24H,7-12,16-19H2,1-3H3. The molecular formula is C30H36FN5O2. The number of amides is 2. The Hall–Kier alpha value is -3.31. The van der Waals surface area contributed by atoms with Gasteiger partial charge in [-0.05, 0) is 86.2 Å². The third-order valence-corrected chi connectivity index (χ3v) is 9.08. The largest absolute Gasteiger partial charge is 0.343 e. The molecule has 38 heavy (non-hydrogen) atoms. The van der Waals surface area contributed by atoms with Gasteiger partial charge in [-0.15, -0.1) is 0 Å². The van der Waals surface area contributed by atoms with Gasteiger partial charge in [0.05, 0.1) is 11.3 Å². The van der Waals surface area contributed by atoms with Crippen LogP contribution in [-0.4, -0.2) is 77.3 Å². The number of hydrogen-bond acceptors (Lipinski definition) is 5. The van der Waals surface area contributed by atoms with Crippen molar-refractivity contribution in [3.63, 3.8) is 0 Å². The van der Waals surface area contributed by atoms with E-state index in [0.717, 1.165) is 63.1 Å². The maximum Gasteiger partial charge on any atom is 0.255 e. The highest BCUT2D eigenvalue weighted by Crippen LogP contribution is 2.40. The molecule has 0 N–H and O–H groups in total. The van der Waals surface area contributed by atoms with Gasteiger partial charge in [-0.3, -0.25) is 9.59 Å². The van der Waals surface area contributed by atoms with Gasteiger partial charge >= 0.3 is 0 Å². The molecule has 0 bridgehead atoms. The predicted octanol–water partition coefficient (Wildman–Crippen LogP) is 3.68. The minimum Gasteiger partial charge on any atom is -0.343 e. The van der Waals surface area contributed by atoms with Crippen LogP contribution in [0.5, 0.6) is 0 Å². The lowest BCUT2D eigenvalue weighted by atomic mass is 9.70. The second-order valence-corrected chi connectivity index (χ2v) is 11.4. The van der Waals surface area contributed by atoms with Gasteiger partial charge in [0.25, 0.3) is 5.91 Å². The zero-order valence-corrected chi connectivity index (χ0v) is 22.5. The van der Waals surface area contributed by atoms with E-state index in [-0.39, 0.29) is 23.0 Å². The van der Waals surface area contributed by atoms with Crippen molar-refractivity contribution < 1.29 is 14.0 Å². The van der Waals surface area contributed by atoms with Gasteiger partial charge in [0, 0.05) is 46.2 Å². The van der Waals surface area contributed by atoms with Crippen molar-refractivity contribution in [3.8, 4) is 6.07 Å². The van der Waals surface area contributed by atoms with Crippen LogP contribution < -0.4 is 0 Å². The van der Waals surface area contributed by atoms with Crippen LogP contribution in [0.15, 0.2) is 30.3 Å². The molecule has 5 rings (SSSR count). The van der Waals surface area contributed by atoms with E-state index in [0.29, 0.717) is 41.9 Å². The first-order valence-corrected chi connectivity index (χ1v) is 13.6. The summed E-state index contributed by atoms with van der Waals surface area (Å²) in [7, 11) is 0. The monoisotopic (exact) mass is 517 g/mol. The van der Waals surface area contributed by atoms with Crippen LogP contribution in [0.3, 0.4) is 0 Å². The molecule has 4 heterocycles. The molecule has 0 radical (unpaired) electrons. The average molecular weight is 518 g/mol. The fourth-order valence-electron chi connectivity index (χ4n) is 6.93. The van der Waals surface area contributed by atoms with Crippen molar-refractivity contribution in [3.05, 3.63) is 64.2 Å². The Kier molecular flexibility index (Phi) is 7.23. The Morgan fingerprint density at radius 3 is 2.34 bits per heavy atom. The Labute approximate surface area is 224 Å². The van der Waals surface area contributed by atoms with E-state index in [2.05, 4.69) is 16.0 Å². The molecular weight excluding hydrogens is 481 g/mol. The van der Waals surface area contributed by atoms with Crippen molar-refractivity contribution >= 4 is 11.8 Å². The number of likely N-dealkylation sites (tertiary alicyclic amines) is 3. The lowest BCUT2D eigenvalue weighted by Gasteiger charge is -2.43. The number of aryl methyl sites for hydroxylation is 2. The van der Waals surface area contributed by atoms with Crippen molar-refractivity contribution in [2.75, 3.05) is 45.8 Å². The Balaban J connectivity index is 1.22. The molecule has 2 amide bonds. The molecule has 2 unspecified atom stereocenters. The molecule has 1 aromatic carbocycles. The first-order chi connectivity index (χ1) is 18.2. The number of fused-ring (bicyclic) bond motifs is 1. The molecule has 2 atom stereocenters. The van der Waals surface area contributed by atoms with Gasteiger partial charge in [-0.2, -0.15) is 5.26 Å². The fraction of sp³-hybridized carbons (Fsp3) is 0.533. The predicted molar refractivity (Wildman–Crippen MR) is 142 cm³/mol. The van der Waals surface area contributed by atoms with E-state index < -0.39 is 0 Å². The molecule has 7 nitrogen and oxygen atoms in total. The second kappa shape index (κ2) is 10.5. The molecule has 200 valence electrons. The fourth-order valence-corrected chi connectivity index (χ4v) is 6.93. The van der Waals surface area contributed by atoms with Crippen LogP contribution >= 0.6 is 0 Å².